The number of Topliss-reactive ketones (excluding diaryl/α,β-unsaturated/α-hetero) is 1. The van der Waals surface area contributed by atoms with Crippen LogP contribution in [0.2, 0.25) is 0 Å². The molecule has 6 heteroatoms. The van der Waals surface area contributed by atoms with Gasteiger partial charge in [0.2, 0.25) is 5.69 Å². The fourth-order valence-corrected chi connectivity index (χ4v) is 6.52. The van der Waals surface area contributed by atoms with Crippen LogP contribution >= 0.6 is 0 Å². The normalized spacial score (nSPS) is 20.5. The number of nitrogens with zero attached hydrogens (tertiary/aromatic N) is 2. The van der Waals surface area contributed by atoms with E-state index in [0.29, 0.717) is 6.61 Å². The third-order valence-corrected chi connectivity index (χ3v) is 8.79. The molecular formula is C35H40N2O4. The summed E-state index contributed by atoms with van der Waals surface area (Å²) in [5, 5.41) is 13.5. The van der Waals surface area contributed by atoms with E-state index < -0.39 is 0 Å². The molecule has 41 heavy (non-hydrogen) atoms. The summed E-state index contributed by atoms with van der Waals surface area (Å²) in [5.74, 6) is -0.635. The van der Waals surface area contributed by atoms with Crippen molar-refractivity contribution in [2.24, 2.45) is 0 Å². The number of hydrogen-bond donors (Lipinski definition) is 0. The van der Waals surface area contributed by atoms with Gasteiger partial charge in [-0.25, -0.2) is 0 Å². The molecule has 2 heterocycles. The predicted octanol–water partition coefficient (Wildman–Crippen LogP) is 5.62. The summed E-state index contributed by atoms with van der Waals surface area (Å²) in [7, 11) is 0. The van der Waals surface area contributed by atoms with Gasteiger partial charge in [0, 0.05) is 65.5 Å². The van der Waals surface area contributed by atoms with Crippen LogP contribution in [0.4, 0.5) is 11.4 Å². The molecule has 0 saturated heterocycles. The lowest BCUT2D eigenvalue weighted by atomic mass is 9.77. The van der Waals surface area contributed by atoms with E-state index in [1.165, 1.54) is 18.1 Å². The number of unbranched alkanes of at least 4 members (excludes halogenated alkanes) is 2. The Balaban J connectivity index is 1.47. The van der Waals surface area contributed by atoms with Crippen LogP contribution < -0.4 is 10.0 Å². The lowest BCUT2D eigenvalue weighted by Gasteiger charge is -2.32. The number of likely N-dealkylation sites (N-methyl/N-ethyl adjacent to an activating group) is 1. The van der Waals surface area contributed by atoms with Crippen LogP contribution in [0.15, 0.2) is 83.3 Å². The molecule has 0 radical (unpaired) electrons. The summed E-state index contributed by atoms with van der Waals surface area (Å²) < 4.78 is 7.32. The Labute approximate surface area is 243 Å². The number of ketones is 1. The van der Waals surface area contributed by atoms with Crippen LogP contribution in [0.1, 0.15) is 71.9 Å². The number of carbonyl (C=O) groups is 2. The highest BCUT2D eigenvalue weighted by molar-refractivity contribution is 6.24. The van der Waals surface area contributed by atoms with E-state index in [0.717, 1.165) is 55.1 Å². The molecular weight excluding hydrogens is 512 g/mol. The summed E-state index contributed by atoms with van der Waals surface area (Å²) in [6.45, 7) is 14.0. The average Bonchev–Trinajstić information content (AvgIpc) is 3.30. The molecule has 0 spiro atoms. The third kappa shape index (κ3) is 4.83. The van der Waals surface area contributed by atoms with E-state index in [9.17, 15) is 14.7 Å². The largest absolute Gasteiger partial charge is 0.871 e. The molecule has 0 amide bonds. The molecule has 2 aromatic carbocycles. The maximum absolute atomic E-state index is 13.5. The lowest BCUT2D eigenvalue weighted by Crippen LogP contribution is -2.35. The summed E-state index contributed by atoms with van der Waals surface area (Å²) >= 11 is 0. The Morgan fingerprint density at radius 2 is 1.63 bits per heavy atom. The van der Waals surface area contributed by atoms with Gasteiger partial charge < -0.3 is 14.7 Å². The van der Waals surface area contributed by atoms with Crippen molar-refractivity contribution in [2.75, 3.05) is 24.6 Å². The minimum Gasteiger partial charge on any atom is -0.871 e. The highest BCUT2D eigenvalue weighted by atomic mass is 16.5. The monoisotopic (exact) mass is 552 g/mol. The van der Waals surface area contributed by atoms with Crippen LogP contribution in [0.3, 0.4) is 0 Å². The number of hydrogen-bond acceptors (Lipinski definition) is 5. The van der Waals surface area contributed by atoms with Gasteiger partial charge in [0.05, 0.1) is 12.0 Å². The molecule has 214 valence electrons. The van der Waals surface area contributed by atoms with Crippen molar-refractivity contribution in [3.8, 4) is 0 Å². The molecule has 0 bridgehead atoms. The van der Waals surface area contributed by atoms with Gasteiger partial charge in [-0.3, -0.25) is 9.59 Å². The van der Waals surface area contributed by atoms with Crippen molar-refractivity contribution in [1.82, 2.24) is 0 Å². The second-order valence-corrected chi connectivity index (χ2v) is 12.1. The van der Waals surface area contributed by atoms with Gasteiger partial charge in [0.15, 0.2) is 11.5 Å². The van der Waals surface area contributed by atoms with Crippen molar-refractivity contribution < 1.29 is 24.0 Å². The zero-order valence-corrected chi connectivity index (χ0v) is 25.0. The highest BCUT2D eigenvalue weighted by Crippen LogP contribution is 2.48. The molecule has 3 aliphatic rings. The van der Waals surface area contributed by atoms with Crippen molar-refractivity contribution in [3.05, 3.63) is 94.4 Å². The second-order valence-electron chi connectivity index (χ2n) is 12.1. The Morgan fingerprint density at radius 3 is 2.32 bits per heavy atom. The number of para-hydroxylation sites is 2. The van der Waals surface area contributed by atoms with E-state index in [2.05, 4.69) is 68.4 Å². The molecule has 2 aromatic rings. The number of carbonyl (C=O) groups excluding carboxylic acids is 2. The van der Waals surface area contributed by atoms with Crippen LogP contribution in [0.5, 0.6) is 0 Å². The Hall–Kier alpha value is -3.93. The number of rotatable bonds is 9. The second kappa shape index (κ2) is 10.8. The number of allylic oxidation sites excluding steroid dienone is 5. The van der Waals surface area contributed by atoms with Gasteiger partial charge >= 0.3 is 5.97 Å². The molecule has 0 saturated carbocycles. The van der Waals surface area contributed by atoms with Crippen molar-refractivity contribution in [1.29, 1.82) is 0 Å². The van der Waals surface area contributed by atoms with Crippen molar-refractivity contribution >= 4 is 28.8 Å². The number of esters is 1. The smallest absolute Gasteiger partial charge is 0.302 e. The number of benzene rings is 2. The Bertz CT molecular complexity index is 1540. The van der Waals surface area contributed by atoms with E-state index in [1.807, 2.05) is 36.4 Å². The number of anilines is 1. The van der Waals surface area contributed by atoms with Gasteiger partial charge in [-0.2, -0.15) is 4.58 Å². The zero-order chi connectivity index (χ0) is 29.5. The first kappa shape index (κ1) is 28.6. The minimum atomic E-state index is -0.357. The van der Waals surface area contributed by atoms with Crippen LogP contribution in [0, 0.1) is 0 Å². The van der Waals surface area contributed by atoms with Crippen LogP contribution in [-0.2, 0) is 25.2 Å². The molecule has 6 nitrogen and oxygen atoms in total. The minimum absolute atomic E-state index is 0.189. The zero-order valence-electron chi connectivity index (χ0n) is 25.0. The first-order chi connectivity index (χ1) is 19.5. The standard InChI is InChI=1S/C35H40N2O4/c1-7-36-28-17-11-9-15-26(28)34(3,4)30(36)21-24-32(39)25(33(24)40)22-31-35(5,6)27-16-10-12-18-29(27)37(31)19-13-8-14-20-41-23(2)38/h9-12,15-18,21-22H,7-8,13-14,19-20H2,1-6H3. The van der Waals surface area contributed by atoms with Gasteiger partial charge in [-0.15, -0.1) is 0 Å². The SMILES string of the molecule is CCN1C(=CC2=C([O-])/C(=C\C3=[N+](CCCCCOC(C)=O)c4ccccc4C3(C)C)C2=O)C(C)(C)c2ccccc21. The third-order valence-electron chi connectivity index (χ3n) is 8.79. The first-order valence-electron chi connectivity index (χ1n) is 14.6. The van der Waals surface area contributed by atoms with E-state index in [1.54, 1.807) is 0 Å². The van der Waals surface area contributed by atoms with Gasteiger partial charge in [-0.05, 0) is 51.3 Å². The maximum atomic E-state index is 13.5. The van der Waals surface area contributed by atoms with E-state index in [4.69, 9.17) is 4.74 Å². The Kier molecular flexibility index (Phi) is 7.54. The summed E-state index contributed by atoms with van der Waals surface area (Å²) in [6, 6.07) is 16.6. The molecule has 0 aromatic heterocycles. The van der Waals surface area contributed by atoms with Crippen LogP contribution in [-0.4, -0.2) is 41.7 Å². The van der Waals surface area contributed by atoms with Gasteiger partial charge in [0.1, 0.15) is 6.54 Å². The Morgan fingerprint density at radius 1 is 0.951 bits per heavy atom. The number of ether oxygens (including phenoxy) is 1. The molecule has 0 fully saturated rings. The van der Waals surface area contributed by atoms with E-state index in [-0.39, 0.29) is 39.5 Å². The molecule has 2 aliphatic heterocycles. The highest BCUT2D eigenvalue weighted by Gasteiger charge is 2.46. The van der Waals surface area contributed by atoms with Crippen LogP contribution in [0.25, 0.3) is 0 Å². The van der Waals surface area contributed by atoms with E-state index >= 15 is 0 Å². The molecule has 0 N–H and O–H groups in total. The molecule has 0 unspecified atom stereocenters. The van der Waals surface area contributed by atoms with Gasteiger partial charge in [-0.1, -0.05) is 56.0 Å². The average molecular weight is 553 g/mol. The summed E-state index contributed by atoms with van der Waals surface area (Å²) in [4.78, 5) is 26.8. The fraction of sp³-hybridized carbons (Fsp3) is 0.400. The summed E-state index contributed by atoms with van der Waals surface area (Å²) in [6.07, 6.45) is 6.26. The topological polar surface area (TPSA) is 72.7 Å². The van der Waals surface area contributed by atoms with Gasteiger partial charge in [0.25, 0.3) is 0 Å². The molecule has 0 atom stereocenters. The fourth-order valence-electron chi connectivity index (χ4n) is 6.52. The van der Waals surface area contributed by atoms with Crippen molar-refractivity contribution in [3.63, 3.8) is 0 Å². The lowest BCUT2D eigenvalue weighted by molar-refractivity contribution is -0.438. The van der Waals surface area contributed by atoms with Crippen molar-refractivity contribution in [2.45, 2.75) is 71.6 Å². The quantitative estimate of drug-likeness (QED) is 0.175. The maximum Gasteiger partial charge on any atom is 0.302 e. The molecule has 1 aliphatic carbocycles. The first-order valence-corrected chi connectivity index (χ1v) is 14.6. The molecule has 5 rings (SSSR count). The predicted molar refractivity (Wildman–Crippen MR) is 160 cm³/mol. The number of fused-ring (bicyclic) bond motifs is 2. The summed E-state index contributed by atoms with van der Waals surface area (Å²) in [5.41, 5.74) is 6.42.